The maximum absolute atomic E-state index is 12.3. The molecule has 9 heteroatoms. The number of carbonyl (C=O) groups is 1. The minimum atomic E-state index is -1.07. The van der Waals surface area contributed by atoms with Crippen LogP contribution in [-0.2, 0) is 24.4 Å². The number of thioether (sulfide) groups is 1. The molecule has 0 saturated heterocycles. The summed E-state index contributed by atoms with van der Waals surface area (Å²) in [6, 6.07) is 22.4. The van der Waals surface area contributed by atoms with Crippen molar-refractivity contribution in [3.8, 4) is 22.8 Å². The molecule has 0 aliphatic rings. The zero-order valence-corrected chi connectivity index (χ0v) is 31.5. The van der Waals surface area contributed by atoms with Crippen LogP contribution in [0.2, 0.25) is 0 Å². The third-order valence-corrected chi connectivity index (χ3v) is 9.08. The molecule has 0 atom stereocenters. The van der Waals surface area contributed by atoms with Gasteiger partial charge in [0.1, 0.15) is 12.4 Å². The topological polar surface area (TPSA) is 89.3 Å². The average molecular weight is 660 g/mol. The van der Waals surface area contributed by atoms with Crippen molar-refractivity contribution in [1.82, 2.24) is 14.5 Å². The molecule has 47 heavy (non-hydrogen) atoms. The van der Waals surface area contributed by atoms with Gasteiger partial charge in [-0.2, -0.15) is 0 Å². The van der Waals surface area contributed by atoms with E-state index < -0.39 is 11.4 Å². The molecule has 7 nitrogen and oxygen atoms in total. The minimum absolute atomic E-state index is 0. The molecule has 0 fully saturated rings. The van der Waals surface area contributed by atoms with E-state index in [1.54, 1.807) is 31.8 Å². The monoisotopic (exact) mass is 659 g/mol. The van der Waals surface area contributed by atoms with Crippen LogP contribution >= 0.6 is 11.8 Å². The SMILES string of the molecule is CCOc1ccc(-c2ccc(Cn3c(CC(C)(C)C(=O)[O-])c(SC(C)(C)C)c4cc(OCc5ncccc5C)ccc43)cc2)cn1.[Na+]. The van der Waals surface area contributed by atoms with Crippen LogP contribution < -0.4 is 44.1 Å². The minimum Gasteiger partial charge on any atom is -0.550 e. The molecule has 0 bridgehead atoms. The molecule has 5 aromatic rings. The molecular weight excluding hydrogens is 617 g/mol. The molecule has 0 N–H and O–H groups in total. The molecule has 0 spiro atoms. The fraction of sp³-hybridized carbons (Fsp3) is 0.342. The number of aryl methyl sites for hydroxylation is 1. The van der Waals surface area contributed by atoms with Gasteiger partial charge in [-0.05, 0) is 67.3 Å². The summed E-state index contributed by atoms with van der Waals surface area (Å²) in [6.07, 6.45) is 3.92. The molecule has 0 radical (unpaired) electrons. The van der Waals surface area contributed by atoms with Crippen molar-refractivity contribution >= 4 is 28.6 Å². The Morgan fingerprint density at radius 3 is 2.28 bits per heavy atom. The molecule has 0 saturated carbocycles. The van der Waals surface area contributed by atoms with Gasteiger partial charge in [-0.3, -0.25) is 4.98 Å². The van der Waals surface area contributed by atoms with Crippen molar-refractivity contribution in [3.05, 3.63) is 102 Å². The summed E-state index contributed by atoms with van der Waals surface area (Å²) < 4.78 is 13.9. The van der Waals surface area contributed by atoms with Crippen molar-refractivity contribution in [2.75, 3.05) is 6.61 Å². The Labute approximate surface area is 304 Å². The number of rotatable bonds is 12. The maximum Gasteiger partial charge on any atom is 1.00 e. The summed E-state index contributed by atoms with van der Waals surface area (Å²) >= 11 is 1.75. The van der Waals surface area contributed by atoms with E-state index in [4.69, 9.17) is 9.47 Å². The number of nitrogens with zero attached hydrogens (tertiary/aromatic N) is 3. The van der Waals surface area contributed by atoms with Gasteiger partial charge in [0.2, 0.25) is 5.88 Å². The Morgan fingerprint density at radius 1 is 0.936 bits per heavy atom. The Morgan fingerprint density at radius 2 is 1.66 bits per heavy atom. The molecule has 2 aromatic carbocycles. The third kappa shape index (κ3) is 8.99. The largest absolute Gasteiger partial charge is 1.00 e. The van der Waals surface area contributed by atoms with Gasteiger partial charge in [0.15, 0.2) is 0 Å². The molecule has 5 rings (SSSR count). The Bertz CT molecular complexity index is 1830. The molecule has 0 unspecified atom stereocenters. The molecule has 0 amide bonds. The summed E-state index contributed by atoms with van der Waals surface area (Å²) in [4.78, 5) is 22.2. The van der Waals surface area contributed by atoms with Crippen LogP contribution in [-0.4, -0.2) is 31.9 Å². The van der Waals surface area contributed by atoms with E-state index in [0.717, 1.165) is 55.2 Å². The zero-order chi connectivity index (χ0) is 33.1. The number of carbonyl (C=O) groups excluding carboxylic acids is 1. The predicted molar refractivity (Wildman–Crippen MR) is 183 cm³/mol. The number of aromatic nitrogens is 3. The fourth-order valence-electron chi connectivity index (χ4n) is 5.30. The van der Waals surface area contributed by atoms with Crippen molar-refractivity contribution < 1.29 is 48.9 Å². The van der Waals surface area contributed by atoms with Crippen LogP contribution in [0.15, 0.2) is 84.0 Å². The molecule has 3 aromatic heterocycles. The first-order valence-corrected chi connectivity index (χ1v) is 16.4. The standard InChI is InChI=1S/C38H43N3O4S.Na/c1-8-44-34-18-15-28(22-40-34)27-13-11-26(12-14-27)23-41-32-17-16-29(45-24-31-25(2)10-9-19-39-31)20-30(32)35(46-37(3,4)5)33(41)21-38(6,7)36(42)43;/h9-20,22H,8,21,23-24H2,1-7H3,(H,42,43);/q;+1/p-1. The van der Waals surface area contributed by atoms with Crippen LogP contribution in [0.5, 0.6) is 11.6 Å². The summed E-state index contributed by atoms with van der Waals surface area (Å²) in [6.45, 7) is 15.5. The number of carboxylic acid groups (broad SMARTS) is 1. The predicted octanol–water partition coefficient (Wildman–Crippen LogP) is 4.65. The van der Waals surface area contributed by atoms with Crippen LogP contribution in [0.4, 0.5) is 0 Å². The summed E-state index contributed by atoms with van der Waals surface area (Å²) in [5.41, 5.74) is 6.07. The van der Waals surface area contributed by atoms with E-state index in [9.17, 15) is 9.90 Å². The van der Waals surface area contributed by atoms with E-state index in [0.29, 0.717) is 32.1 Å². The Kier molecular flexibility index (Phi) is 11.9. The van der Waals surface area contributed by atoms with Crippen LogP contribution in [0.25, 0.3) is 22.0 Å². The summed E-state index contributed by atoms with van der Waals surface area (Å²) in [5.74, 6) is 0.280. The number of aliphatic carboxylic acids is 1. The Hall–Kier alpha value is -3.30. The van der Waals surface area contributed by atoms with Crippen molar-refractivity contribution in [3.63, 3.8) is 0 Å². The second kappa shape index (κ2) is 15.3. The molecule has 0 aliphatic carbocycles. The van der Waals surface area contributed by atoms with E-state index in [2.05, 4.69) is 71.7 Å². The van der Waals surface area contributed by atoms with E-state index in [1.807, 2.05) is 50.4 Å². The third-order valence-electron chi connectivity index (χ3n) is 7.81. The van der Waals surface area contributed by atoms with E-state index >= 15 is 0 Å². The Balaban J connectivity index is 0.00000500. The van der Waals surface area contributed by atoms with Gasteiger partial charge in [0.05, 0.1) is 12.3 Å². The molecule has 0 aliphatic heterocycles. The number of benzene rings is 2. The average Bonchev–Trinajstić information content (AvgIpc) is 3.27. The zero-order valence-electron chi connectivity index (χ0n) is 28.7. The van der Waals surface area contributed by atoms with Crippen LogP contribution in [0.1, 0.15) is 64.1 Å². The van der Waals surface area contributed by atoms with Gasteiger partial charge in [0.25, 0.3) is 0 Å². The van der Waals surface area contributed by atoms with Crippen LogP contribution in [0.3, 0.4) is 0 Å². The van der Waals surface area contributed by atoms with Gasteiger partial charge >= 0.3 is 29.6 Å². The first-order valence-electron chi connectivity index (χ1n) is 15.6. The number of carboxylic acids is 1. The fourth-order valence-corrected chi connectivity index (χ4v) is 6.49. The van der Waals surface area contributed by atoms with Crippen LogP contribution in [0, 0.1) is 12.3 Å². The van der Waals surface area contributed by atoms with E-state index in [1.165, 1.54) is 0 Å². The first-order chi connectivity index (χ1) is 21.8. The summed E-state index contributed by atoms with van der Waals surface area (Å²) in [5, 5.41) is 13.3. The summed E-state index contributed by atoms with van der Waals surface area (Å²) in [7, 11) is 0. The normalized spacial score (nSPS) is 11.7. The van der Waals surface area contributed by atoms with Crippen molar-refractivity contribution in [2.24, 2.45) is 5.41 Å². The first kappa shape index (κ1) is 36.5. The van der Waals surface area contributed by atoms with Gasteiger partial charge < -0.3 is 23.9 Å². The number of hydrogen-bond donors (Lipinski definition) is 0. The van der Waals surface area contributed by atoms with E-state index in [-0.39, 0.29) is 34.3 Å². The quantitative estimate of drug-likeness (QED) is 0.142. The van der Waals surface area contributed by atoms with Gasteiger partial charge in [-0.1, -0.05) is 65.0 Å². The molecule has 3 heterocycles. The number of hydrogen-bond acceptors (Lipinski definition) is 7. The number of fused-ring (bicyclic) bond motifs is 1. The second-order valence-corrected chi connectivity index (χ2v) is 15.0. The van der Waals surface area contributed by atoms with Gasteiger partial charge in [0, 0.05) is 68.2 Å². The smallest absolute Gasteiger partial charge is 0.550 e. The maximum atomic E-state index is 12.3. The van der Waals surface area contributed by atoms with Crippen molar-refractivity contribution in [1.29, 1.82) is 0 Å². The van der Waals surface area contributed by atoms with Crippen molar-refractivity contribution in [2.45, 2.75) is 77.7 Å². The second-order valence-electron chi connectivity index (χ2n) is 13.2. The van der Waals surface area contributed by atoms with Gasteiger partial charge in [-0.15, -0.1) is 11.8 Å². The van der Waals surface area contributed by atoms with Gasteiger partial charge in [-0.25, -0.2) is 4.98 Å². The number of ether oxygens (including phenoxy) is 2. The molecule has 240 valence electrons. The molecular formula is C38H42N3NaO4S. The number of pyridine rings is 2.